The Morgan fingerprint density at radius 3 is 2.68 bits per heavy atom. The van der Waals surface area contributed by atoms with Crippen molar-refractivity contribution in [1.29, 1.82) is 0 Å². The lowest BCUT2D eigenvalue weighted by molar-refractivity contribution is -0.128. The third kappa shape index (κ3) is 4.95. The maximum Gasteiger partial charge on any atom is 0.260 e. The van der Waals surface area contributed by atoms with Gasteiger partial charge >= 0.3 is 0 Å². The number of rotatable bonds is 6. The fourth-order valence-corrected chi connectivity index (χ4v) is 5.35. The minimum atomic E-state index is -3.84. The van der Waals surface area contributed by atoms with Crippen LogP contribution >= 0.6 is 0 Å². The molecule has 0 bridgehead atoms. The summed E-state index contributed by atoms with van der Waals surface area (Å²) >= 11 is 0. The summed E-state index contributed by atoms with van der Waals surface area (Å²) in [6.45, 7) is -0.0626. The first kappa shape index (κ1) is 20.9. The molecule has 1 unspecified atom stereocenters. The van der Waals surface area contributed by atoms with Gasteiger partial charge in [0.25, 0.3) is 10.0 Å². The molecule has 2 aliphatic rings. The Balaban J connectivity index is 1.60. The number of Topliss-reactive ketones (excluding diaryl/α,β-unsaturated/α-hetero) is 1. The fraction of sp³-hybridized carbons (Fsp3) is 0.632. The molecule has 1 aliphatic heterocycles. The highest BCUT2D eigenvalue weighted by Gasteiger charge is 2.34. The highest BCUT2D eigenvalue weighted by atomic mass is 32.2. The first-order valence-electron chi connectivity index (χ1n) is 9.88. The van der Waals surface area contributed by atoms with Gasteiger partial charge in [-0.1, -0.05) is 31.7 Å². The van der Waals surface area contributed by atoms with E-state index in [1.165, 1.54) is 25.1 Å². The maximum absolute atomic E-state index is 12.7. The molecular weight excluding hydrogens is 380 g/mol. The van der Waals surface area contributed by atoms with Crippen LogP contribution in [-0.2, 0) is 19.6 Å². The van der Waals surface area contributed by atoms with Crippen LogP contribution in [0.4, 0.5) is 0 Å². The van der Waals surface area contributed by atoms with E-state index in [0.29, 0.717) is 25.2 Å². The van der Waals surface area contributed by atoms with Crippen LogP contribution in [0.25, 0.3) is 0 Å². The van der Waals surface area contributed by atoms with Crippen molar-refractivity contribution in [2.24, 2.45) is 11.7 Å². The van der Waals surface area contributed by atoms with Crippen LogP contribution in [0.5, 0.6) is 0 Å². The summed E-state index contributed by atoms with van der Waals surface area (Å²) in [7, 11) is -3.84. The quantitative estimate of drug-likeness (QED) is 0.719. The Bertz CT molecular complexity index is 793. The van der Waals surface area contributed by atoms with Gasteiger partial charge in [-0.05, 0) is 37.3 Å². The lowest BCUT2D eigenvalue weighted by Gasteiger charge is -2.21. The van der Waals surface area contributed by atoms with E-state index in [1.54, 1.807) is 12.1 Å². The Morgan fingerprint density at radius 2 is 2.00 bits per heavy atom. The average molecular weight is 409 g/mol. The molecule has 0 spiro atoms. The molecule has 8 nitrogen and oxygen atoms in total. The zero-order valence-corrected chi connectivity index (χ0v) is 16.7. The first-order valence-corrected chi connectivity index (χ1v) is 11.3. The Morgan fingerprint density at radius 1 is 1.25 bits per heavy atom. The molecular formula is C19H28N4O4S. The van der Waals surface area contributed by atoms with E-state index >= 15 is 0 Å². The van der Waals surface area contributed by atoms with Crippen LogP contribution < -0.4 is 11.1 Å². The lowest BCUT2D eigenvalue weighted by atomic mass is 9.98. The molecule has 1 aromatic rings. The van der Waals surface area contributed by atoms with E-state index in [2.05, 4.69) is 10.3 Å². The number of nitrogens with zero attached hydrogens (tertiary/aromatic N) is 2. The molecule has 1 saturated carbocycles. The molecule has 1 aromatic heterocycles. The second kappa shape index (κ2) is 9.11. The smallest absolute Gasteiger partial charge is 0.260 e. The molecule has 154 valence electrons. The number of pyridine rings is 1. The van der Waals surface area contributed by atoms with Crippen molar-refractivity contribution in [2.75, 3.05) is 13.1 Å². The van der Waals surface area contributed by atoms with Gasteiger partial charge in [-0.25, -0.2) is 13.4 Å². The van der Waals surface area contributed by atoms with Crippen LogP contribution in [0.15, 0.2) is 29.4 Å². The van der Waals surface area contributed by atoms with E-state index in [-0.39, 0.29) is 29.8 Å². The van der Waals surface area contributed by atoms with Crippen molar-refractivity contribution in [2.45, 2.75) is 62.1 Å². The van der Waals surface area contributed by atoms with Gasteiger partial charge in [0, 0.05) is 12.7 Å². The minimum absolute atomic E-state index is 0.0797. The zero-order valence-electron chi connectivity index (χ0n) is 15.9. The number of ketones is 1. The molecule has 28 heavy (non-hydrogen) atoms. The normalized spacial score (nSPS) is 23.3. The molecule has 2 heterocycles. The van der Waals surface area contributed by atoms with Crippen LogP contribution in [0, 0.1) is 5.92 Å². The van der Waals surface area contributed by atoms with Gasteiger partial charge < -0.3 is 11.1 Å². The molecule has 1 aliphatic carbocycles. The standard InChI is InChI=1S/C19H28N4O4S/c20-15(12-14-6-1-2-7-14)19(25)22-16-8-5-11-23(13-17(16)24)28(26,27)18-9-3-4-10-21-18/h3-4,9-10,14-16H,1-2,5-8,11-13,20H2,(H,22,25)/t15-,16?/m0/s1. The number of sulfonamides is 1. The molecule has 1 amide bonds. The van der Waals surface area contributed by atoms with Gasteiger partial charge in [-0.15, -0.1) is 0 Å². The molecule has 3 N–H and O–H groups in total. The topological polar surface area (TPSA) is 122 Å². The third-order valence-corrected chi connectivity index (χ3v) is 7.34. The summed E-state index contributed by atoms with van der Waals surface area (Å²) in [6.07, 6.45) is 7.47. The highest BCUT2D eigenvalue weighted by molar-refractivity contribution is 7.89. The number of nitrogens with one attached hydrogen (secondary N) is 1. The number of nitrogens with two attached hydrogens (primary N) is 1. The van der Waals surface area contributed by atoms with E-state index < -0.39 is 22.1 Å². The molecule has 2 fully saturated rings. The van der Waals surface area contributed by atoms with E-state index in [0.717, 1.165) is 17.1 Å². The predicted molar refractivity (Wildman–Crippen MR) is 104 cm³/mol. The molecule has 9 heteroatoms. The van der Waals surface area contributed by atoms with Gasteiger partial charge in [0.15, 0.2) is 10.8 Å². The number of carbonyl (C=O) groups excluding carboxylic acids is 2. The molecule has 0 radical (unpaired) electrons. The van der Waals surface area contributed by atoms with Crippen molar-refractivity contribution in [3.63, 3.8) is 0 Å². The van der Waals surface area contributed by atoms with Crippen LogP contribution in [-0.4, -0.2) is 54.6 Å². The first-order chi connectivity index (χ1) is 13.4. The van der Waals surface area contributed by atoms with Crippen molar-refractivity contribution in [3.05, 3.63) is 24.4 Å². The van der Waals surface area contributed by atoms with E-state index in [4.69, 9.17) is 5.73 Å². The van der Waals surface area contributed by atoms with Crippen molar-refractivity contribution in [1.82, 2.24) is 14.6 Å². The molecule has 3 rings (SSSR count). The number of amides is 1. The van der Waals surface area contributed by atoms with Gasteiger partial charge in [-0.2, -0.15) is 4.31 Å². The monoisotopic (exact) mass is 408 g/mol. The predicted octanol–water partition coefficient (Wildman–Crippen LogP) is 0.828. The summed E-state index contributed by atoms with van der Waals surface area (Å²) in [5.74, 6) is -0.172. The Kier molecular flexibility index (Phi) is 6.79. The summed E-state index contributed by atoms with van der Waals surface area (Å²) in [5.41, 5.74) is 6.03. The number of hydrogen-bond donors (Lipinski definition) is 2. The zero-order chi connectivity index (χ0) is 20.1. The second-order valence-electron chi connectivity index (χ2n) is 7.67. The summed E-state index contributed by atoms with van der Waals surface area (Å²) in [5, 5.41) is 2.66. The van der Waals surface area contributed by atoms with Crippen LogP contribution in [0.3, 0.4) is 0 Å². The van der Waals surface area contributed by atoms with Gasteiger partial charge in [0.05, 0.1) is 18.6 Å². The van der Waals surface area contributed by atoms with E-state index in [9.17, 15) is 18.0 Å². The van der Waals surface area contributed by atoms with Crippen molar-refractivity contribution >= 4 is 21.7 Å². The Hall–Kier alpha value is -1.84. The molecule has 2 atom stereocenters. The van der Waals surface area contributed by atoms with Crippen molar-refractivity contribution in [3.8, 4) is 0 Å². The maximum atomic E-state index is 12.7. The van der Waals surface area contributed by atoms with Crippen LogP contribution in [0.2, 0.25) is 0 Å². The summed E-state index contributed by atoms with van der Waals surface area (Å²) in [4.78, 5) is 28.9. The van der Waals surface area contributed by atoms with Gasteiger partial charge in [0.2, 0.25) is 5.91 Å². The lowest BCUT2D eigenvalue weighted by Crippen LogP contribution is -2.50. The summed E-state index contributed by atoms with van der Waals surface area (Å²) < 4.78 is 26.6. The number of carbonyl (C=O) groups is 2. The van der Waals surface area contributed by atoms with Gasteiger partial charge in [0.1, 0.15) is 0 Å². The Labute approximate surface area is 165 Å². The SMILES string of the molecule is N[C@@H](CC1CCCC1)C(=O)NC1CCCN(S(=O)(=O)c2ccccn2)CC1=O. The average Bonchev–Trinajstić information content (AvgIpc) is 3.12. The number of hydrogen-bond acceptors (Lipinski definition) is 6. The largest absolute Gasteiger partial charge is 0.345 e. The minimum Gasteiger partial charge on any atom is -0.345 e. The fourth-order valence-electron chi connectivity index (χ4n) is 3.98. The van der Waals surface area contributed by atoms with Crippen molar-refractivity contribution < 1.29 is 18.0 Å². The third-order valence-electron chi connectivity index (χ3n) is 5.58. The van der Waals surface area contributed by atoms with Crippen LogP contribution in [0.1, 0.15) is 44.9 Å². The van der Waals surface area contributed by atoms with Gasteiger partial charge in [-0.3, -0.25) is 9.59 Å². The highest BCUT2D eigenvalue weighted by Crippen LogP contribution is 2.28. The molecule has 1 saturated heterocycles. The van der Waals surface area contributed by atoms with E-state index in [1.807, 2.05) is 0 Å². The number of aromatic nitrogens is 1. The summed E-state index contributed by atoms with van der Waals surface area (Å²) in [6, 6.07) is 3.30. The second-order valence-corrected chi connectivity index (χ2v) is 9.55. The molecule has 0 aromatic carbocycles.